The predicted molar refractivity (Wildman–Crippen MR) is 103 cm³/mol. The third-order valence-corrected chi connectivity index (χ3v) is 6.52. The minimum Gasteiger partial charge on any atom is -0.307 e. The summed E-state index contributed by atoms with van der Waals surface area (Å²) in [6.07, 6.45) is -4.10. The quantitative estimate of drug-likeness (QED) is 0.805. The SMILES string of the molecule is CC(C)(C)c1cc(NC(=O)c2ccc(C(F)(F)F)cc2)n(C2CCS(=O)(=O)C2)n1. The van der Waals surface area contributed by atoms with Crippen LogP contribution < -0.4 is 5.32 Å². The summed E-state index contributed by atoms with van der Waals surface area (Å²) in [7, 11) is -3.17. The van der Waals surface area contributed by atoms with Gasteiger partial charge in [0.15, 0.2) is 9.84 Å². The monoisotopic (exact) mass is 429 g/mol. The number of hydrogen-bond donors (Lipinski definition) is 1. The van der Waals surface area contributed by atoms with Crippen LogP contribution in [0.15, 0.2) is 30.3 Å². The van der Waals surface area contributed by atoms with Crippen LogP contribution in [-0.4, -0.2) is 35.6 Å². The van der Waals surface area contributed by atoms with E-state index in [9.17, 15) is 26.4 Å². The van der Waals surface area contributed by atoms with E-state index in [2.05, 4.69) is 10.4 Å². The normalized spacial score (nSPS) is 19.3. The Morgan fingerprint density at radius 2 is 1.79 bits per heavy atom. The van der Waals surface area contributed by atoms with Crippen molar-refractivity contribution in [1.82, 2.24) is 9.78 Å². The van der Waals surface area contributed by atoms with Crippen molar-refractivity contribution in [2.45, 2.75) is 44.8 Å². The number of nitrogens with one attached hydrogen (secondary N) is 1. The van der Waals surface area contributed by atoms with Crippen molar-refractivity contribution in [2.75, 3.05) is 16.8 Å². The Morgan fingerprint density at radius 3 is 2.28 bits per heavy atom. The van der Waals surface area contributed by atoms with Gasteiger partial charge in [-0.15, -0.1) is 0 Å². The molecular formula is C19H22F3N3O3S. The van der Waals surface area contributed by atoms with Crippen molar-refractivity contribution in [3.05, 3.63) is 47.2 Å². The molecule has 6 nitrogen and oxygen atoms in total. The van der Waals surface area contributed by atoms with E-state index in [-0.39, 0.29) is 22.5 Å². The molecule has 158 valence electrons. The van der Waals surface area contributed by atoms with E-state index in [4.69, 9.17) is 0 Å². The Balaban J connectivity index is 1.89. The molecule has 1 aliphatic heterocycles. The Bertz CT molecular complexity index is 1020. The zero-order valence-corrected chi connectivity index (χ0v) is 17.1. The first kappa shape index (κ1) is 21.4. The highest BCUT2D eigenvalue weighted by atomic mass is 32.2. The van der Waals surface area contributed by atoms with Crippen LogP contribution in [0.25, 0.3) is 0 Å². The lowest BCUT2D eigenvalue weighted by Gasteiger charge is -2.15. The molecule has 2 aromatic rings. The second-order valence-electron chi connectivity index (χ2n) is 8.20. The van der Waals surface area contributed by atoms with Gasteiger partial charge in [-0.25, -0.2) is 13.1 Å². The van der Waals surface area contributed by atoms with Crippen LogP contribution in [0.5, 0.6) is 0 Å². The lowest BCUT2D eigenvalue weighted by atomic mass is 9.92. The number of rotatable bonds is 3. The third-order valence-electron chi connectivity index (χ3n) is 4.77. The summed E-state index contributed by atoms with van der Waals surface area (Å²) >= 11 is 0. The number of aromatic nitrogens is 2. The number of carbonyl (C=O) groups excluding carboxylic acids is 1. The number of carbonyl (C=O) groups is 1. The van der Waals surface area contributed by atoms with Gasteiger partial charge in [-0.05, 0) is 30.7 Å². The first-order chi connectivity index (χ1) is 13.3. The molecule has 1 aromatic carbocycles. The summed E-state index contributed by atoms with van der Waals surface area (Å²) in [6, 6.07) is 5.16. The molecule has 1 saturated heterocycles. The zero-order chi connectivity index (χ0) is 21.6. The largest absolute Gasteiger partial charge is 0.416 e. The first-order valence-corrected chi connectivity index (χ1v) is 10.9. The van der Waals surface area contributed by atoms with Crippen molar-refractivity contribution in [2.24, 2.45) is 0 Å². The molecule has 1 atom stereocenters. The molecule has 2 heterocycles. The van der Waals surface area contributed by atoms with Crippen LogP contribution in [0.3, 0.4) is 0 Å². The van der Waals surface area contributed by atoms with E-state index in [0.717, 1.165) is 24.3 Å². The van der Waals surface area contributed by atoms with Crippen LogP contribution in [-0.2, 0) is 21.4 Å². The summed E-state index contributed by atoms with van der Waals surface area (Å²) in [5, 5.41) is 7.18. The van der Waals surface area contributed by atoms with E-state index in [0.29, 0.717) is 17.9 Å². The lowest BCUT2D eigenvalue weighted by molar-refractivity contribution is -0.137. The van der Waals surface area contributed by atoms with Gasteiger partial charge in [-0.3, -0.25) is 4.79 Å². The first-order valence-electron chi connectivity index (χ1n) is 9.05. The van der Waals surface area contributed by atoms with Crippen LogP contribution in [0.1, 0.15) is 54.8 Å². The topological polar surface area (TPSA) is 81.1 Å². The van der Waals surface area contributed by atoms with Crippen molar-refractivity contribution in [3.63, 3.8) is 0 Å². The van der Waals surface area contributed by atoms with Crippen LogP contribution in [0.2, 0.25) is 0 Å². The smallest absolute Gasteiger partial charge is 0.307 e. The van der Waals surface area contributed by atoms with E-state index < -0.39 is 33.5 Å². The number of anilines is 1. The molecule has 0 saturated carbocycles. The maximum Gasteiger partial charge on any atom is 0.416 e. The minimum absolute atomic E-state index is 0.0503. The Labute approximate surface area is 167 Å². The summed E-state index contributed by atoms with van der Waals surface area (Å²) in [6.45, 7) is 5.81. The predicted octanol–water partition coefficient (Wildman–Crippen LogP) is 3.81. The molecule has 0 radical (unpaired) electrons. The summed E-state index contributed by atoms with van der Waals surface area (Å²) in [5.41, 5.74) is -0.451. The van der Waals surface area contributed by atoms with E-state index in [1.807, 2.05) is 20.8 Å². The zero-order valence-electron chi connectivity index (χ0n) is 16.2. The van der Waals surface area contributed by atoms with Gasteiger partial charge in [0, 0.05) is 17.0 Å². The van der Waals surface area contributed by atoms with Gasteiger partial charge in [0.05, 0.1) is 28.8 Å². The number of benzene rings is 1. The molecule has 1 aromatic heterocycles. The molecule has 0 aliphatic carbocycles. The van der Waals surface area contributed by atoms with Gasteiger partial charge in [0.2, 0.25) is 0 Å². The highest BCUT2D eigenvalue weighted by Gasteiger charge is 2.33. The van der Waals surface area contributed by atoms with Crippen LogP contribution in [0, 0.1) is 0 Å². The number of halogens is 3. The molecule has 1 aliphatic rings. The fourth-order valence-electron chi connectivity index (χ4n) is 3.10. The molecular weight excluding hydrogens is 407 g/mol. The number of amides is 1. The molecule has 0 bridgehead atoms. The van der Waals surface area contributed by atoms with E-state index >= 15 is 0 Å². The van der Waals surface area contributed by atoms with Crippen molar-refractivity contribution >= 4 is 21.6 Å². The van der Waals surface area contributed by atoms with Crippen molar-refractivity contribution in [3.8, 4) is 0 Å². The molecule has 1 N–H and O–H groups in total. The Hall–Kier alpha value is -2.36. The highest BCUT2D eigenvalue weighted by Crippen LogP contribution is 2.32. The lowest BCUT2D eigenvalue weighted by Crippen LogP contribution is -2.20. The van der Waals surface area contributed by atoms with Crippen molar-refractivity contribution < 1.29 is 26.4 Å². The third kappa shape index (κ3) is 4.80. The van der Waals surface area contributed by atoms with Gasteiger partial charge < -0.3 is 5.32 Å². The fraction of sp³-hybridized carbons (Fsp3) is 0.474. The number of sulfone groups is 1. The maximum atomic E-state index is 12.7. The highest BCUT2D eigenvalue weighted by molar-refractivity contribution is 7.91. The molecule has 29 heavy (non-hydrogen) atoms. The molecule has 1 fully saturated rings. The second kappa shape index (κ2) is 7.16. The Kier molecular flexibility index (Phi) is 5.27. The molecule has 1 unspecified atom stereocenters. The van der Waals surface area contributed by atoms with Crippen LogP contribution in [0.4, 0.5) is 19.0 Å². The van der Waals surface area contributed by atoms with E-state index in [1.165, 1.54) is 4.68 Å². The number of alkyl halides is 3. The fourth-order valence-corrected chi connectivity index (χ4v) is 4.79. The summed E-state index contributed by atoms with van der Waals surface area (Å²) < 4.78 is 63.4. The molecule has 3 rings (SSSR count). The molecule has 1 amide bonds. The molecule has 10 heteroatoms. The van der Waals surface area contributed by atoms with Gasteiger partial charge in [0.1, 0.15) is 5.82 Å². The van der Waals surface area contributed by atoms with E-state index in [1.54, 1.807) is 6.07 Å². The average Bonchev–Trinajstić information content (AvgIpc) is 3.17. The summed E-state index contributed by atoms with van der Waals surface area (Å²) in [5.74, 6) is -0.293. The standard InChI is InChI=1S/C19H22F3N3O3S/c1-18(2,3)15-10-16(25(24-15)14-8-9-29(27,28)11-14)23-17(26)12-4-6-13(7-5-12)19(20,21)22/h4-7,10,14H,8-9,11H2,1-3H3,(H,23,26). The van der Waals surface area contributed by atoms with Crippen molar-refractivity contribution in [1.29, 1.82) is 0 Å². The van der Waals surface area contributed by atoms with Gasteiger partial charge in [-0.1, -0.05) is 20.8 Å². The number of nitrogens with zero attached hydrogens (tertiary/aromatic N) is 2. The van der Waals surface area contributed by atoms with Gasteiger partial charge in [0.25, 0.3) is 5.91 Å². The van der Waals surface area contributed by atoms with Gasteiger partial charge in [-0.2, -0.15) is 18.3 Å². The summed E-state index contributed by atoms with van der Waals surface area (Å²) in [4.78, 5) is 12.6. The number of hydrogen-bond acceptors (Lipinski definition) is 4. The minimum atomic E-state index is -4.48. The molecule has 0 spiro atoms. The van der Waals surface area contributed by atoms with Gasteiger partial charge >= 0.3 is 6.18 Å². The Morgan fingerprint density at radius 1 is 1.17 bits per heavy atom. The average molecular weight is 429 g/mol. The second-order valence-corrected chi connectivity index (χ2v) is 10.4. The maximum absolute atomic E-state index is 12.7. The van der Waals surface area contributed by atoms with Crippen LogP contribution >= 0.6 is 0 Å².